The van der Waals surface area contributed by atoms with Gasteiger partial charge in [0.15, 0.2) is 5.11 Å². The first-order valence-electron chi connectivity index (χ1n) is 5.75. The Morgan fingerprint density at radius 3 is 2.75 bits per heavy atom. The number of rotatable bonds is 5. The van der Waals surface area contributed by atoms with Crippen LogP contribution in [0, 0.1) is 0 Å². The number of carbonyl (C=O) groups excluding carboxylic acids is 1. The van der Waals surface area contributed by atoms with Crippen molar-refractivity contribution in [3.05, 3.63) is 28.2 Å². The van der Waals surface area contributed by atoms with E-state index in [1.54, 1.807) is 25.3 Å². The molecule has 1 aromatic rings. The van der Waals surface area contributed by atoms with Crippen molar-refractivity contribution >= 4 is 39.2 Å². The lowest BCUT2D eigenvalue weighted by atomic mass is 10.2. The molecule has 0 aromatic heterocycles. The zero-order chi connectivity index (χ0) is 15.0. The van der Waals surface area contributed by atoms with E-state index in [1.165, 1.54) is 7.11 Å². The van der Waals surface area contributed by atoms with E-state index in [9.17, 15) is 4.79 Å². The van der Waals surface area contributed by atoms with E-state index in [0.717, 1.165) is 4.47 Å². The number of amides is 1. The van der Waals surface area contributed by atoms with Crippen molar-refractivity contribution in [2.75, 3.05) is 27.4 Å². The third-order valence-corrected chi connectivity index (χ3v) is 3.03. The van der Waals surface area contributed by atoms with Gasteiger partial charge in [-0.15, -0.1) is 0 Å². The van der Waals surface area contributed by atoms with E-state index < -0.39 is 0 Å². The van der Waals surface area contributed by atoms with E-state index in [1.807, 2.05) is 0 Å². The summed E-state index contributed by atoms with van der Waals surface area (Å²) in [5.74, 6) is 0.129. The second-order valence-electron chi connectivity index (χ2n) is 3.67. The second kappa shape index (κ2) is 8.72. The van der Waals surface area contributed by atoms with Gasteiger partial charge in [0.2, 0.25) is 0 Å². The summed E-state index contributed by atoms with van der Waals surface area (Å²) in [5, 5.41) is 3.18. The molecule has 110 valence electrons. The van der Waals surface area contributed by atoms with Crippen LogP contribution in [0.5, 0.6) is 5.75 Å². The highest BCUT2D eigenvalue weighted by atomic mass is 79.9. The number of hydrogen-bond acceptors (Lipinski definition) is 4. The molecule has 0 aliphatic rings. The summed E-state index contributed by atoms with van der Waals surface area (Å²) in [7, 11) is 3.10. The third-order valence-electron chi connectivity index (χ3n) is 2.29. The van der Waals surface area contributed by atoms with Crippen molar-refractivity contribution in [2.24, 2.45) is 0 Å². The van der Waals surface area contributed by atoms with Crippen LogP contribution in [0.3, 0.4) is 0 Å². The van der Waals surface area contributed by atoms with E-state index in [-0.39, 0.29) is 5.91 Å². The minimum atomic E-state index is -0.348. The minimum absolute atomic E-state index is 0.310. The smallest absolute Gasteiger partial charge is 0.273 e. The van der Waals surface area contributed by atoms with Gasteiger partial charge in [0.25, 0.3) is 5.91 Å². The van der Waals surface area contributed by atoms with Crippen LogP contribution in [0.2, 0.25) is 0 Å². The lowest BCUT2D eigenvalue weighted by molar-refractivity contribution is 0.0940. The Kier molecular flexibility index (Phi) is 7.27. The molecule has 1 rings (SSSR count). The first-order chi connectivity index (χ1) is 9.58. The fourth-order valence-corrected chi connectivity index (χ4v) is 1.86. The number of ether oxygens (including phenoxy) is 2. The topological polar surface area (TPSA) is 71.6 Å². The van der Waals surface area contributed by atoms with Crippen LogP contribution < -0.4 is 20.9 Å². The van der Waals surface area contributed by atoms with Crippen LogP contribution in [-0.4, -0.2) is 38.4 Å². The molecule has 0 unspecified atom stereocenters. The molecule has 0 radical (unpaired) electrons. The Morgan fingerprint density at radius 1 is 1.35 bits per heavy atom. The first-order valence-corrected chi connectivity index (χ1v) is 6.95. The SMILES string of the molecule is COCCNC(=S)NNC(=O)c1cc(Br)ccc1OC. The van der Waals surface area contributed by atoms with Crippen LogP contribution in [0.15, 0.2) is 22.7 Å². The van der Waals surface area contributed by atoms with Gasteiger partial charge in [-0.3, -0.25) is 15.6 Å². The maximum Gasteiger partial charge on any atom is 0.273 e. The van der Waals surface area contributed by atoms with E-state index >= 15 is 0 Å². The van der Waals surface area contributed by atoms with Crippen molar-refractivity contribution in [1.29, 1.82) is 0 Å². The van der Waals surface area contributed by atoms with Crippen molar-refractivity contribution < 1.29 is 14.3 Å². The highest BCUT2D eigenvalue weighted by molar-refractivity contribution is 9.10. The van der Waals surface area contributed by atoms with Crippen LogP contribution in [0.25, 0.3) is 0 Å². The maximum atomic E-state index is 12.0. The van der Waals surface area contributed by atoms with Gasteiger partial charge < -0.3 is 14.8 Å². The number of carbonyl (C=O) groups is 1. The summed E-state index contributed by atoms with van der Waals surface area (Å²) in [6, 6.07) is 5.16. The molecule has 0 aliphatic heterocycles. The normalized spacial score (nSPS) is 9.75. The Labute approximate surface area is 131 Å². The van der Waals surface area contributed by atoms with Gasteiger partial charge in [-0.25, -0.2) is 0 Å². The average Bonchev–Trinajstić information content (AvgIpc) is 2.45. The lowest BCUT2D eigenvalue weighted by Gasteiger charge is -2.13. The lowest BCUT2D eigenvalue weighted by Crippen LogP contribution is -2.47. The molecular weight excluding hydrogens is 346 g/mol. The third kappa shape index (κ3) is 5.32. The molecule has 1 amide bonds. The van der Waals surface area contributed by atoms with E-state index in [4.69, 9.17) is 21.7 Å². The molecule has 3 N–H and O–H groups in total. The van der Waals surface area contributed by atoms with Crippen molar-refractivity contribution in [2.45, 2.75) is 0 Å². The molecule has 0 fully saturated rings. The van der Waals surface area contributed by atoms with E-state index in [2.05, 4.69) is 32.1 Å². The summed E-state index contributed by atoms with van der Waals surface area (Å²) in [6.07, 6.45) is 0. The number of hydrazine groups is 1. The van der Waals surface area contributed by atoms with Crippen molar-refractivity contribution in [1.82, 2.24) is 16.2 Å². The molecule has 0 heterocycles. The van der Waals surface area contributed by atoms with Gasteiger partial charge >= 0.3 is 0 Å². The molecule has 0 saturated heterocycles. The maximum absolute atomic E-state index is 12.0. The largest absolute Gasteiger partial charge is 0.496 e. The van der Waals surface area contributed by atoms with Gasteiger partial charge in [0, 0.05) is 18.1 Å². The molecular formula is C12H16BrN3O3S. The van der Waals surface area contributed by atoms with Crippen molar-refractivity contribution in [3.8, 4) is 5.75 Å². The van der Waals surface area contributed by atoms with Crippen molar-refractivity contribution in [3.63, 3.8) is 0 Å². The zero-order valence-corrected chi connectivity index (χ0v) is 13.6. The molecule has 20 heavy (non-hydrogen) atoms. The molecule has 1 aromatic carbocycles. The molecule has 0 atom stereocenters. The molecule has 8 heteroatoms. The number of thiocarbonyl (C=S) groups is 1. The average molecular weight is 362 g/mol. The number of nitrogens with one attached hydrogen (secondary N) is 3. The summed E-state index contributed by atoms with van der Waals surface area (Å²) in [4.78, 5) is 12.0. The summed E-state index contributed by atoms with van der Waals surface area (Å²) >= 11 is 8.30. The Bertz CT molecular complexity index is 485. The van der Waals surface area contributed by atoms with Gasteiger partial charge in [-0.1, -0.05) is 15.9 Å². The van der Waals surface area contributed by atoms with Crippen LogP contribution >= 0.6 is 28.1 Å². The summed E-state index contributed by atoms with van der Waals surface area (Å²) in [6.45, 7) is 1.08. The van der Waals surface area contributed by atoms with Crippen LogP contribution in [-0.2, 0) is 4.74 Å². The minimum Gasteiger partial charge on any atom is -0.496 e. The summed E-state index contributed by atoms with van der Waals surface area (Å²) < 4.78 is 10.8. The Hall–Kier alpha value is -1.38. The molecule has 0 saturated carbocycles. The predicted molar refractivity (Wildman–Crippen MR) is 83.8 cm³/mol. The van der Waals surface area contributed by atoms with Gasteiger partial charge in [-0.05, 0) is 30.4 Å². The standard InChI is InChI=1S/C12H16BrN3O3S/c1-18-6-5-14-12(20)16-15-11(17)9-7-8(13)3-4-10(9)19-2/h3-4,7H,5-6H2,1-2H3,(H,15,17)(H2,14,16,20). The fraction of sp³-hybridized carbons (Fsp3) is 0.333. The first kappa shape index (κ1) is 16.7. The monoisotopic (exact) mass is 361 g/mol. The highest BCUT2D eigenvalue weighted by Crippen LogP contribution is 2.22. The molecule has 0 bridgehead atoms. The highest BCUT2D eigenvalue weighted by Gasteiger charge is 2.12. The molecule has 0 spiro atoms. The molecule has 0 aliphatic carbocycles. The summed E-state index contributed by atoms with van der Waals surface area (Å²) in [5.41, 5.74) is 5.50. The number of hydrogen-bond donors (Lipinski definition) is 3. The van der Waals surface area contributed by atoms with Gasteiger partial charge in [-0.2, -0.15) is 0 Å². The predicted octanol–water partition coefficient (Wildman–Crippen LogP) is 1.21. The zero-order valence-electron chi connectivity index (χ0n) is 11.2. The van der Waals surface area contributed by atoms with Gasteiger partial charge in [0.1, 0.15) is 5.75 Å². The number of methoxy groups -OCH3 is 2. The van der Waals surface area contributed by atoms with Gasteiger partial charge in [0.05, 0.1) is 19.3 Å². The Morgan fingerprint density at radius 2 is 2.10 bits per heavy atom. The second-order valence-corrected chi connectivity index (χ2v) is 5.00. The van der Waals surface area contributed by atoms with E-state index in [0.29, 0.717) is 29.6 Å². The van der Waals surface area contributed by atoms with Crippen LogP contribution in [0.1, 0.15) is 10.4 Å². The quantitative estimate of drug-likeness (QED) is 0.416. The fourth-order valence-electron chi connectivity index (χ4n) is 1.35. The molecule has 6 nitrogen and oxygen atoms in total. The van der Waals surface area contributed by atoms with Crippen LogP contribution in [0.4, 0.5) is 0 Å². The Balaban J connectivity index is 2.54. The number of halogens is 1. The number of benzene rings is 1.